The summed E-state index contributed by atoms with van der Waals surface area (Å²) in [7, 11) is 0. The molecule has 1 saturated heterocycles. The molecule has 0 bridgehead atoms. The lowest BCUT2D eigenvalue weighted by Gasteiger charge is -2.43. The van der Waals surface area contributed by atoms with E-state index in [4.69, 9.17) is 4.74 Å². The molecule has 5 unspecified atom stereocenters. The van der Waals surface area contributed by atoms with Gasteiger partial charge in [0.25, 0.3) is 0 Å². The number of hydrogen-bond donors (Lipinski definition) is 2. The van der Waals surface area contributed by atoms with Gasteiger partial charge >= 0.3 is 5.97 Å². The summed E-state index contributed by atoms with van der Waals surface area (Å²) in [5.74, 6) is 0.399. The van der Waals surface area contributed by atoms with Gasteiger partial charge in [-0.25, -0.2) is 0 Å². The van der Waals surface area contributed by atoms with Gasteiger partial charge in [-0.1, -0.05) is 44.5 Å². The fraction of sp³-hybridized carbons (Fsp3) is 0.625. The summed E-state index contributed by atoms with van der Waals surface area (Å²) in [4.78, 5) is 12.2. The number of nitrogens with zero attached hydrogens (tertiary/aromatic N) is 1. The molecule has 1 aromatic carbocycles. The minimum atomic E-state index is -0.0275. The van der Waals surface area contributed by atoms with E-state index >= 15 is 0 Å². The Morgan fingerprint density at radius 2 is 2.00 bits per heavy atom. The van der Waals surface area contributed by atoms with Gasteiger partial charge in [-0.05, 0) is 56.7 Å². The van der Waals surface area contributed by atoms with Crippen LogP contribution in [0.4, 0.5) is 0 Å². The van der Waals surface area contributed by atoms with Crippen LogP contribution in [0.5, 0.6) is 0 Å². The summed E-state index contributed by atoms with van der Waals surface area (Å²) in [6.07, 6.45) is 4.38. The topological polar surface area (TPSA) is 53.6 Å². The highest BCUT2D eigenvalue weighted by Crippen LogP contribution is 2.48. The Bertz CT molecular complexity index is 826. The van der Waals surface area contributed by atoms with Crippen LogP contribution in [-0.2, 0) is 9.53 Å². The second kappa shape index (κ2) is 7.44. The quantitative estimate of drug-likeness (QED) is 0.753. The summed E-state index contributed by atoms with van der Waals surface area (Å²) >= 11 is 0. The van der Waals surface area contributed by atoms with Gasteiger partial charge < -0.3 is 10.2 Å². The highest BCUT2D eigenvalue weighted by atomic mass is 16.5. The molecule has 29 heavy (non-hydrogen) atoms. The normalized spacial score (nSPS) is 31.7. The van der Waals surface area contributed by atoms with E-state index in [9.17, 15) is 4.79 Å². The molecule has 0 spiro atoms. The Hall–Kier alpha value is -1.85. The van der Waals surface area contributed by atoms with E-state index in [1.807, 2.05) is 6.92 Å². The van der Waals surface area contributed by atoms with Crippen LogP contribution < -0.4 is 10.7 Å². The van der Waals surface area contributed by atoms with Crippen LogP contribution in [0, 0.1) is 31.1 Å². The van der Waals surface area contributed by atoms with Crippen molar-refractivity contribution < 1.29 is 9.53 Å². The molecule has 1 aliphatic carbocycles. The molecule has 2 N–H and O–H groups in total. The number of esters is 1. The van der Waals surface area contributed by atoms with Crippen molar-refractivity contribution in [1.29, 1.82) is 0 Å². The Kier molecular flexibility index (Phi) is 5.24. The van der Waals surface area contributed by atoms with Crippen LogP contribution in [0.3, 0.4) is 0 Å². The van der Waals surface area contributed by atoms with Gasteiger partial charge in [0.2, 0.25) is 0 Å². The van der Waals surface area contributed by atoms with E-state index in [-0.39, 0.29) is 29.5 Å². The summed E-state index contributed by atoms with van der Waals surface area (Å²) in [5.41, 5.74) is 9.01. The smallest absolute Gasteiger partial charge is 0.309 e. The predicted molar refractivity (Wildman–Crippen MR) is 115 cm³/mol. The SMILES string of the molecule is CCOC(=O)C1CC1C1CC(c2ccc(C)cc2C)N2NC(C(C)(C)C)=CC2N1. The van der Waals surface area contributed by atoms with E-state index in [1.165, 1.54) is 22.4 Å². The second-order valence-electron chi connectivity index (χ2n) is 9.94. The van der Waals surface area contributed by atoms with Crippen LogP contribution >= 0.6 is 0 Å². The zero-order valence-electron chi connectivity index (χ0n) is 18.6. The molecule has 2 fully saturated rings. The number of allylic oxidation sites excluding steroid dienone is 1. The molecule has 2 heterocycles. The average Bonchev–Trinajstić information content (AvgIpc) is 3.31. The number of nitrogens with one attached hydrogen (secondary N) is 2. The third kappa shape index (κ3) is 3.95. The number of benzene rings is 1. The minimum Gasteiger partial charge on any atom is -0.466 e. The first-order chi connectivity index (χ1) is 13.7. The number of hydrogen-bond acceptors (Lipinski definition) is 5. The van der Waals surface area contributed by atoms with Crippen molar-refractivity contribution in [3.8, 4) is 0 Å². The Morgan fingerprint density at radius 1 is 1.24 bits per heavy atom. The van der Waals surface area contributed by atoms with Crippen molar-refractivity contribution in [3.63, 3.8) is 0 Å². The van der Waals surface area contributed by atoms with Crippen molar-refractivity contribution in [3.05, 3.63) is 46.7 Å². The lowest BCUT2D eigenvalue weighted by atomic mass is 9.89. The zero-order chi connectivity index (χ0) is 20.9. The number of carbonyl (C=O) groups is 1. The summed E-state index contributed by atoms with van der Waals surface area (Å²) < 4.78 is 5.28. The summed E-state index contributed by atoms with van der Waals surface area (Å²) in [6, 6.07) is 7.34. The molecule has 5 nitrogen and oxygen atoms in total. The number of fused-ring (bicyclic) bond motifs is 1. The van der Waals surface area contributed by atoms with Gasteiger partial charge in [0, 0.05) is 17.2 Å². The molecule has 5 atom stereocenters. The van der Waals surface area contributed by atoms with Gasteiger partial charge in [-0.3, -0.25) is 10.1 Å². The zero-order valence-corrected chi connectivity index (χ0v) is 18.6. The first-order valence-corrected chi connectivity index (χ1v) is 11.0. The maximum Gasteiger partial charge on any atom is 0.309 e. The highest BCUT2D eigenvalue weighted by molar-refractivity contribution is 5.75. The maximum absolute atomic E-state index is 12.2. The largest absolute Gasteiger partial charge is 0.466 e. The Labute approximate surface area is 174 Å². The van der Waals surface area contributed by atoms with Gasteiger partial charge in [-0.15, -0.1) is 0 Å². The van der Waals surface area contributed by atoms with Crippen molar-refractivity contribution in [2.75, 3.05) is 6.61 Å². The van der Waals surface area contributed by atoms with Gasteiger partial charge in [-0.2, -0.15) is 5.01 Å². The molecule has 4 rings (SSSR count). The first-order valence-electron chi connectivity index (χ1n) is 11.0. The van der Waals surface area contributed by atoms with Crippen molar-refractivity contribution in [2.24, 2.45) is 17.3 Å². The molecule has 0 aromatic heterocycles. The Balaban J connectivity index is 1.61. The Morgan fingerprint density at radius 3 is 2.66 bits per heavy atom. The standard InChI is InChI=1S/C24H35N3O2/c1-7-29-23(28)18-11-17(18)19-12-20(16-9-8-14(2)10-15(16)3)27-22(25-19)13-21(26-27)24(4,5)6/h8-10,13,17-20,22,25-26H,7,11-12H2,1-6H3. The molecule has 2 aliphatic heterocycles. The van der Waals surface area contributed by atoms with E-state index in [0.29, 0.717) is 18.6 Å². The molecule has 5 heteroatoms. The van der Waals surface area contributed by atoms with E-state index in [2.05, 4.69) is 74.6 Å². The number of hydrazine groups is 1. The number of carbonyl (C=O) groups excluding carboxylic acids is 1. The van der Waals surface area contributed by atoms with Gasteiger partial charge in [0.1, 0.15) is 0 Å². The van der Waals surface area contributed by atoms with Crippen LogP contribution in [0.25, 0.3) is 0 Å². The lowest BCUT2D eigenvalue weighted by molar-refractivity contribution is -0.145. The lowest BCUT2D eigenvalue weighted by Crippen LogP contribution is -2.58. The molecular weight excluding hydrogens is 362 g/mol. The van der Waals surface area contributed by atoms with Gasteiger partial charge in [0.15, 0.2) is 0 Å². The second-order valence-corrected chi connectivity index (χ2v) is 9.94. The molecule has 0 amide bonds. The number of aryl methyl sites for hydroxylation is 2. The molecule has 1 saturated carbocycles. The molecule has 0 radical (unpaired) electrons. The third-order valence-electron chi connectivity index (χ3n) is 6.61. The van der Waals surface area contributed by atoms with Crippen molar-refractivity contribution in [1.82, 2.24) is 15.8 Å². The fourth-order valence-corrected chi connectivity index (χ4v) is 4.90. The molecular formula is C24H35N3O2. The van der Waals surface area contributed by atoms with Crippen molar-refractivity contribution in [2.45, 2.75) is 72.6 Å². The minimum absolute atomic E-state index is 0.0275. The van der Waals surface area contributed by atoms with Crippen LogP contribution in [-0.4, -0.2) is 29.8 Å². The highest BCUT2D eigenvalue weighted by Gasteiger charge is 2.52. The first kappa shape index (κ1) is 20.4. The monoisotopic (exact) mass is 397 g/mol. The van der Waals surface area contributed by atoms with Gasteiger partial charge in [0.05, 0.1) is 24.7 Å². The van der Waals surface area contributed by atoms with E-state index in [0.717, 1.165) is 12.8 Å². The molecule has 158 valence electrons. The van der Waals surface area contributed by atoms with Crippen LogP contribution in [0.2, 0.25) is 0 Å². The number of rotatable bonds is 4. The molecule has 1 aromatic rings. The van der Waals surface area contributed by atoms with E-state index in [1.54, 1.807) is 0 Å². The third-order valence-corrected chi connectivity index (χ3v) is 6.61. The summed E-state index contributed by atoms with van der Waals surface area (Å²) in [5, 5.41) is 6.19. The maximum atomic E-state index is 12.2. The fourth-order valence-electron chi connectivity index (χ4n) is 4.90. The number of ether oxygens (including phenoxy) is 1. The van der Waals surface area contributed by atoms with Crippen molar-refractivity contribution >= 4 is 5.97 Å². The van der Waals surface area contributed by atoms with Crippen LogP contribution in [0.15, 0.2) is 30.0 Å². The predicted octanol–water partition coefficient (Wildman–Crippen LogP) is 3.98. The average molecular weight is 398 g/mol. The van der Waals surface area contributed by atoms with Crippen LogP contribution in [0.1, 0.15) is 63.3 Å². The molecule has 3 aliphatic rings. The van der Waals surface area contributed by atoms with E-state index < -0.39 is 0 Å². The summed E-state index contributed by atoms with van der Waals surface area (Å²) in [6.45, 7) is 13.4.